The minimum absolute atomic E-state index is 0.00913. The molecule has 2 rings (SSSR count). The molecule has 0 bridgehead atoms. The van der Waals surface area contributed by atoms with Gasteiger partial charge in [0, 0.05) is 46.5 Å². The fourth-order valence-electron chi connectivity index (χ4n) is 3.13. The van der Waals surface area contributed by atoms with Crippen LogP contribution in [0.15, 0.2) is 28.9 Å². The van der Waals surface area contributed by atoms with Gasteiger partial charge >= 0.3 is 0 Å². The molecule has 0 unspecified atom stereocenters. The van der Waals surface area contributed by atoms with Crippen LogP contribution in [0.4, 0.5) is 0 Å². The number of hydrogen-bond donors (Lipinski definition) is 2. The molecule has 0 radical (unpaired) electrons. The van der Waals surface area contributed by atoms with Crippen LogP contribution in [0, 0.1) is 5.41 Å². The van der Waals surface area contributed by atoms with Gasteiger partial charge in [0.1, 0.15) is 0 Å². The molecule has 0 aliphatic rings. The summed E-state index contributed by atoms with van der Waals surface area (Å²) in [5.41, 5.74) is 3.49. The van der Waals surface area contributed by atoms with Crippen molar-refractivity contribution in [1.29, 1.82) is 0 Å². The number of fused-ring (bicyclic) bond motifs is 1. The number of Topliss-reactive ketones (excluding diaryl/α,β-unsaturated/α-hetero) is 1. The van der Waals surface area contributed by atoms with Crippen LogP contribution in [-0.2, 0) is 11.3 Å². The van der Waals surface area contributed by atoms with Gasteiger partial charge in [-0.25, -0.2) is 5.48 Å². The summed E-state index contributed by atoms with van der Waals surface area (Å²) in [5, 5.41) is 9.51. The normalized spacial score (nSPS) is 11.7. The number of benzene rings is 1. The highest BCUT2D eigenvalue weighted by Gasteiger charge is 2.23. The average molecular weight is 437 g/mol. The SMILES string of the molecule is CCC(C)(C)CC(=O)c1cn(CCCCCC(=O)NO)c2ccc(Br)cc12. The Balaban J connectivity index is 2.15. The number of nitrogens with zero attached hydrogens (tertiary/aromatic N) is 1. The summed E-state index contributed by atoms with van der Waals surface area (Å²) in [6.07, 6.45) is 6.32. The molecule has 0 aliphatic carbocycles. The summed E-state index contributed by atoms with van der Waals surface area (Å²) in [6, 6.07) is 6.05. The van der Waals surface area contributed by atoms with Gasteiger partial charge in [-0.05, 0) is 36.5 Å². The van der Waals surface area contributed by atoms with Crippen LogP contribution in [0.25, 0.3) is 10.9 Å². The van der Waals surface area contributed by atoms with Gasteiger partial charge in [-0.2, -0.15) is 0 Å². The molecule has 1 amide bonds. The molecule has 0 saturated carbocycles. The zero-order valence-corrected chi connectivity index (χ0v) is 17.9. The molecule has 1 aromatic heterocycles. The van der Waals surface area contributed by atoms with E-state index < -0.39 is 0 Å². The summed E-state index contributed by atoms with van der Waals surface area (Å²) < 4.78 is 3.10. The van der Waals surface area contributed by atoms with Crippen LogP contribution in [0.5, 0.6) is 0 Å². The molecule has 0 aliphatic heterocycles. The molecule has 0 spiro atoms. The highest BCUT2D eigenvalue weighted by atomic mass is 79.9. The first-order valence-corrected chi connectivity index (χ1v) is 10.3. The maximum Gasteiger partial charge on any atom is 0.243 e. The van der Waals surface area contributed by atoms with Gasteiger partial charge in [0.25, 0.3) is 0 Å². The third-order valence-electron chi connectivity index (χ3n) is 5.17. The molecule has 1 aromatic carbocycles. The third kappa shape index (κ3) is 5.91. The fraction of sp³-hybridized carbons (Fsp3) is 0.524. The first-order chi connectivity index (χ1) is 12.8. The standard InChI is InChI=1S/C21H29BrN2O3/c1-4-21(2,3)13-19(25)17-14-24(11-7-5-6-8-20(26)23-27)18-10-9-15(22)12-16(17)18/h9-10,12,14,27H,4-8,11,13H2,1-3H3,(H,23,26). The number of halogens is 1. The first-order valence-electron chi connectivity index (χ1n) is 9.52. The lowest BCUT2D eigenvalue weighted by Crippen LogP contribution is -2.17. The van der Waals surface area contributed by atoms with E-state index in [1.54, 1.807) is 5.48 Å². The van der Waals surface area contributed by atoms with Crippen molar-refractivity contribution < 1.29 is 14.8 Å². The summed E-state index contributed by atoms with van der Waals surface area (Å²) in [6.45, 7) is 7.17. The van der Waals surface area contributed by atoms with Crippen LogP contribution in [-0.4, -0.2) is 21.5 Å². The Morgan fingerprint density at radius 3 is 2.63 bits per heavy atom. The molecule has 148 valence electrons. The van der Waals surface area contributed by atoms with E-state index in [0.717, 1.165) is 53.2 Å². The van der Waals surface area contributed by atoms with E-state index in [1.807, 2.05) is 24.4 Å². The Bertz CT molecular complexity index is 811. The van der Waals surface area contributed by atoms with Gasteiger partial charge in [-0.15, -0.1) is 0 Å². The lowest BCUT2D eigenvalue weighted by molar-refractivity contribution is -0.129. The van der Waals surface area contributed by atoms with Crippen molar-refractivity contribution in [2.45, 2.75) is 65.8 Å². The van der Waals surface area contributed by atoms with Crippen molar-refractivity contribution in [1.82, 2.24) is 10.0 Å². The number of aromatic nitrogens is 1. The second-order valence-corrected chi connectivity index (χ2v) is 8.78. The minimum Gasteiger partial charge on any atom is -0.347 e. The number of nitrogens with one attached hydrogen (secondary N) is 1. The largest absolute Gasteiger partial charge is 0.347 e. The van der Waals surface area contributed by atoms with Gasteiger partial charge < -0.3 is 4.57 Å². The zero-order chi connectivity index (χ0) is 20.0. The minimum atomic E-state index is -0.349. The van der Waals surface area contributed by atoms with Crippen molar-refractivity contribution in [3.05, 3.63) is 34.4 Å². The average Bonchev–Trinajstić information content (AvgIpc) is 2.98. The van der Waals surface area contributed by atoms with E-state index >= 15 is 0 Å². The van der Waals surface area contributed by atoms with Gasteiger partial charge in [-0.1, -0.05) is 49.5 Å². The second kappa shape index (κ2) is 9.51. The van der Waals surface area contributed by atoms with Gasteiger partial charge in [0.05, 0.1) is 0 Å². The number of hydroxylamine groups is 1. The predicted molar refractivity (Wildman–Crippen MR) is 111 cm³/mol. The number of amides is 1. The van der Waals surface area contributed by atoms with Crippen molar-refractivity contribution in [2.75, 3.05) is 0 Å². The molecule has 1 heterocycles. The van der Waals surface area contributed by atoms with E-state index in [0.29, 0.717) is 12.8 Å². The zero-order valence-electron chi connectivity index (χ0n) is 16.3. The van der Waals surface area contributed by atoms with E-state index in [-0.39, 0.29) is 17.1 Å². The molecule has 0 saturated heterocycles. The molecule has 5 nitrogen and oxygen atoms in total. The van der Waals surface area contributed by atoms with Crippen molar-refractivity contribution in [3.63, 3.8) is 0 Å². The second-order valence-electron chi connectivity index (χ2n) is 7.86. The number of rotatable bonds is 10. The highest BCUT2D eigenvalue weighted by molar-refractivity contribution is 9.10. The maximum absolute atomic E-state index is 12.9. The summed E-state index contributed by atoms with van der Waals surface area (Å²) >= 11 is 3.51. The van der Waals surface area contributed by atoms with E-state index in [1.165, 1.54) is 0 Å². The van der Waals surface area contributed by atoms with Crippen LogP contribution >= 0.6 is 15.9 Å². The number of carbonyl (C=O) groups excluding carboxylic acids is 2. The van der Waals surface area contributed by atoms with Crippen LogP contribution in [0.3, 0.4) is 0 Å². The molecular formula is C21H29BrN2O3. The Labute approximate surface area is 169 Å². The molecule has 27 heavy (non-hydrogen) atoms. The molecule has 2 N–H and O–H groups in total. The third-order valence-corrected chi connectivity index (χ3v) is 5.66. The number of aryl methyl sites for hydroxylation is 1. The van der Waals surface area contributed by atoms with Crippen LogP contribution in [0.1, 0.15) is 69.7 Å². The molecule has 0 atom stereocenters. The maximum atomic E-state index is 12.9. The van der Waals surface area contributed by atoms with Gasteiger partial charge in [-0.3, -0.25) is 14.8 Å². The summed E-state index contributed by atoms with van der Waals surface area (Å²) in [4.78, 5) is 24.0. The Hall–Kier alpha value is -1.66. The van der Waals surface area contributed by atoms with Gasteiger partial charge in [0.2, 0.25) is 5.91 Å². The highest BCUT2D eigenvalue weighted by Crippen LogP contribution is 2.31. The van der Waals surface area contributed by atoms with Crippen LogP contribution in [0.2, 0.25) is 0 Å². The Morgan fingerprint density at radius 2 is 1.96 bits per heavy atom. The van der Waals surface area contributed by atoms with Crippen LogP contribution < -0.4 is 5.48 Å². The summed E-state index contributed by atoms with van der Waals surface area (Å²) in [7, 11) is 0. The van der Waals surface area contributed by atoms with E-state index in [9.17, 15) is 9.59 Å². The quantitative estimate of drug-likeness (QED) is 0.224. The van der Waals surface area contributed by atoms with E-state index in [4.69, 9.17) is 5.21 Å². The van der Waals surface area contributed by atoms with Crippen molar-refractivity contribution in [2.24, 2.45) is 5.41 Å². The molecular weight excluding hydrogens is 408 g/mol. The number of carbonyl (C=O) groups is 2. The smallest absolute Gasteiger partial charge is 0.243 e. The fourth-order valence-corrected chi connectivity index (χ4v) is 3.49. The molecule has 0 fully saturated rings. The molecule has 2 aromatic rings. The Kier molecular flexibility index (Phi) is 7.62. The lowest BCUT2D eigenvalue weighted by Gasteiger charge is -2.21. The monoisotopic (exact) mass is 436 g/mol. The predicted octanol–water partition coefficient (Wildman–Crippen LogP) is 5.48. The van der Waals surface area contributed by atoms with Gasteiger partial charge in [0.15, 0.2) is 5.78 Å². The Morgan fingerprint density at radius 1 is 1.22 bits per heavy atom. The van der Waals surface area contributed by atoms with Crippen molar-refractivity contribution in [3.8, 4) is 0 Å². The lowest BCUT2D eigenvalue weighted by atomic mass is 9.83. The molecule has 6 heteroatoms. The number of unbranched alkanes of at least 4 members (excludes halogenated alkanes) is 2. The van der Waals surface area contributed by atoms with E-state index in [2.05, 4.69) is 41.3 Å². The topological polar surface area (TPSA) is 71.3 Å². The summed E-state index contributed by atoms with van der Waals surface area (Å²) in [5.74, 6) is -0.166. The number of ketones is 1. The number of hydrogen-bond acceptors (Lipinski definition) is 3. The first kappa shape index (κ1) is 21.6. The van der Waals surface area contributed by atoms with Crippen molar-refractivity contribution >= 4 is 38.5 Å².